The lowest BCUT2D eigenvalue weighted by molar-refractivity contribution is -0.137. The van der Waals surface area contributed by atoms with E-state index in [-0.39, 0.29) is 17.7 Å². The Labute approximate surface area is 170 Å². The number of halogens is 3. The fraction of sp³-hybridized carbons (Fsp3) is 0.0909. The topological polar surface area (TPSA) is 69.6 Å². The van der Waals surface area contributed by atoms with Crippen molar-refractivity contribution in [1.29, 1.82) is 0 Å². The molecule has 30 heavy (non-hydrogen) atoms. The van der Waals surface area contributed by atoms with Crippen molar-refractivity contribution in [2.24, 2.45) is 0 Å². The highest BCUT2D eigenvalue weighted by Gasteiger charge is 2.31. The van der Waals surface area contributed by atoms with Crippen LogP contribution in [-0.2, 0) is 12.7 Å². The second-order valence-corrected chi connectivity index (χ2v) is 6.44. The molecule has 0 heterocycles. The molecule has 5 nitrogen and oxygen atoms in total. The van der Waals surface area contributed by atoms with Crippen LogP contribution < -0.4 is 10.4 Å². The summed E-state index contributed by atoms with van der Waals surface area (Å²) in [5, 5.41) is 8.73. The summed E-state index contributed by atoms with van der Waals surface area (Å²) in [4.78, 5) is 26.0. The van der Waals surface area contributed by atoms with Crippen LogP contribution in [0.3, 0.4) is 0 Å². The Balaban J connectivity index is 1.99. The molecule has 0 aliphatic heterocycles. The van der Waals surface area contributed by atoms with Gasteiger partial charge in [-0.25, -0.2) is 5.48 Å². The maximum Gasteiger partial charge on any atom is 0.416 e. The van der Waals surface area contributed by atoms with Gasteiger partial charge in [-0.05, 0) is 48.0 Å². The first kappa shape index (κ1) is 21.1. The molecule has 0 saturated carbocycles. The van der Waals surface area contributed by atoms with Crippen LogP contribution in [0.5, 0.6) is 0 Å². The van der Waals surface area contributed by atoms with Gasteiger partial charge in [0.1, 0.15) is 0 Å². The summed E-state index contributed by atoms with van der Waals surface area (Å²) in [5.74, 6) is -1.34. The molecule has 0 spiro atoms. The normalized spacial score (nSPS) is 11.1. The fourth-order valence-corrected chi connectivity index (χ4v) is 2.89. The van der Waals surface area contributed by atoms with Crippen LogP contribution in [0.4, 0.5) is 18.9 Å². The van der Waals surface area contributed by atoms with Crippen molar-refractivity contribution in [3.05, 3.63) is 101 Å². The molecule has 0 radical (unpaired) electrons. The lowest BCUT2D eigenvalue weighted by atomic mass is 10.1. The van der Waals surface area contributed by atoms with E-state index in [1.165, 1.54) is 46.8 Å². The first-order chi connectivity index (χ1) is 14.3. The van der Waals surface area contributed by atoms with Crippen LogP contribution in [-0.4, -0.2) is 17.0 Å². The largest absolute Gasteiger partial charge is 0.416 e. The van der Waals surface area contributed by atoms with Crippen molar-refractivity contribution in [3.63, 3.8) is 0 Å². The van der Waals surface area contributed by atoms with Crippen LogP contribution >= 0.6 is 0 Å². The van der Waals surface area contributed by atoms with Gasteiger partial charge in [0.2, 0.25) is 0 Å². The molecule has 3 rings (SSSR count). The van der Waals surface area contributed by atoms with Gasteiger partial charge >= 0.3 is 6.18 Å². The van der Waals surface area contributed by atoms with Gasteiger partial charge in [-0.15, -0.1) is 0 Å². The van der Waals surface area contributed by atoms with Gasteiger partial charge in [0, 0.05) is 16.8 Å². The number of nitrogens with one attached hydrogen (secondary N) is 1. The summed E-state index contributed by atoms with van der Waals surface area (Å²) < 4.78 is 39.2. The first-order valence-corrected chi connectivity index (χ1v) is 8.87. The van der Waals surface area contributed by atoms with Gasteiger partial charge in [-0.1, -0.05) is 36.4 Å². The smallest absolute Gasteiger partial charge is 0.304 e. The van der Waals surface area contributed by atoms with Crippen LogP contribution in [0, 0.1) is 0 Å². The summed E-state index contributed by atoms with van der Waals surface area (Å²) in [7, 11) is 0. The zero-order valence-corrected chi connectivity index (χ0v) is 15.6. The number of nitrogens with zero attached hydrogens (tertiary/aromatic N) is 1. The van der Waals surface area contributed by atoms with Crippen molar-refractivity contribution in [2.75, 3.05) is 4.90 Å². The van der Waals surface area contributed by atoms with Gasteiger partial charge in [0.15, 0.2) is 0 Å². The number of hydrogen-bond acceptors (Lipinski definition) is 3. The van der Waals surface area contributed by atoms with Crippen LogP contribution in [0.2, 0.25) is 0 Å². The Morgan fingerprint density at radius 1 is 0.867 bits per heavy atom. The van der Waals surface area contributed by atoms with E-state index in [1.54, 1.807) is 24.3 Å². The maximum absolute atomic E-state index is 13.1. The van der Waals surface area contributed by atoms with Gasteiger partial charge in [0.25, 0.3) is 11.8 Å². The number of amides is 2. The predicted molar refractivity (Wildman–Crippen MR) is 104 cm³/mol. The van der Waals surface area contributed by atoms with Crippen molar-refractivity contribution in [1.82, 2.24) is 5.48 Å². The molecule has 2 amide bonds. The SMILES string of the molecule is O=C(NO)c1ccc(N(Cc2ccccc2)C(=O)c2cccc(C(F)(F)F)c2)cc1. The lowest BCUT2D eigenvalue weighted by Gasteiger charge is -2.24. The molecular weight excluding hydrogens is 397 g/mol. The van der Waals surface area contributed by atoms with E-state index < -0.39 is 23.6 Å². The fourth-order valence-electron chi connectivity index (χ4n) is 2.89. The lowest BCUT2D eigenvalue weighted by Crippen LogP contribution is -2.30. The Morgan fingerprint density at radius 3 is 2.13 bits per heavy atom. The molecule has 0 aliphatic rings. The number of benzene rings is 3. The molecule has 0 unspecified atom stereocenters. The molecule has 0 fully saturated rings. The molecule has 0 saturated heterocycles. The van der Waals surface area contributed by atoms with E-state index in [0.717, 1.165) is 17.7 Å². The maximum atomic E-state index is 13.1. The van der Waals surface area contributed by atoms with E-state index >= 15 is 0 Å². The van der Waals surface area contributed by atoms with Gasteiger partial charge in [-0.2, -0.15) is 13.2 Å². The number of anilines is 1. The van der Waals surface area contributed by atoms with E-state index in [0.29, 0.717) is 5.69 Å². The number of rotatable bonds is 5. The standard InChI is InChI=1S/C22H17F3N2O3/c23-22(24,25)18-8-4-7-17(13-18)21(29)27(14-15-5-2-1-3-6-15)19-11-9-16(10-12-19)20(28)26-30/h1-13,30H,14H2,(H,26,28). The zero-order chi connectivity index (χ0) is 21.7. The summed E-state index contributed by atoms with van der Waals surface area (Å²) in [6, 6.07) is 19.0. The first-order valence-electron chi connectivity index (χ1n) is 8.87. The number of alkyl halides is 3. The predicted octanol–water partition coefficient (Wildman–Crippen LogP) is 4.67. The van der Waals surface area contributed by atoms with Crippen molar-refractivity contribution in [3.8, 4) is 0 Å². The molecule has 0 aliphatic carbocycles. The van der Waals surface area contributed by atoms with Crippen LogP contribution in [0.15, 0.2) is 78.9 Å². The summed E-state index contributed by atoms with van der Waals surface area (Å²) in [5.41, 5.74) is 1.80. The third-order valence-electron chi connectivity index (χ3n) is 4.41. The minimum Gasteiger partial charge on any atom is -0.304 e. The second-order valence-electron chi connectivity index (χ2n) is 6.44. The highest BCUT2D eigenvalue weighted by atomic mass is 19.4. The Morgan fingerprint density at radius 2 is 1.53 bits per heavy atom. The van der Waals surface area contributed by atoms with E-state index in [2.05, 4.69) is 0 Å². The Kier molecular flexibility index (Phi) is 6.17. The van der Waals surface area contributed by atoms with Gasteiger partial charge < -0.3 is 4.90 Å². The van der Waals surface area contributed by atoms with E-state index in [4.69, 9.17) is 5.21 Å². The molecule has 2 N–H and O–H groups in total. The highest BCUT2D eigenvalue weighted by molar-refractivity contribution is 6.06. The summed E-state index contributed by atoms with van der Waals surface area (Å²) in [6.45, 7) is 0.113. The minimum absolute atomic E-state index is 0.113. The number of carbonyl (C=O) groups is 2. The summed E-state index contributed by atoms with van der Waals surface area (Å²) >= 11 is 0. The molecule has 3 aromatic rings. The van der Waals surface area contributed by atoms with Crippen LogP contribution in [0.1, 0.15) is 31.8 Å². The number of carbonyl (C=O) groups excluding carboxylic acids is 2. The third kappa shape index (κ3) is 4.84. The van der Waals surface area contributed by atoms with Crippen LogP contribution in [0.25, 0.3) is 0 Å². The zero-order valence-electron chi connectivity index (χ0n) is 15.6. The van der Waals surface area contributed by atoms with E-state index in [9.17, 15) is 22.8 Å². The highest BCUT2D eigenvalue weighted by Crippen LogP contribution is 2.30. The molecule has 3 aromatic carbocycles. The second kappa shape index (κ2) is 8.79. The molecular formula is C22H17F3N2O3. The van der Waals surface area contributed by atoms with Gasteiger partial charge in [0.05, 0.1) is 12.1 Å². The Hall–Kier alpha value is -3.65. The quantitative estimate of drug-likeness (QED) is 0.471. The van der Waals surface area contributed by atoms with Crippen molar-refractivity contribution < 1.29 is 28.0 Å². The average molecular weight is 414 g/mol. The summed E-state index contributed by atoms with van der Waals surface area (Å²) in [6.07, 6.45) is -4.57. The number of hydroxylamine groups is 1. The molecule has 0 bridgehead atoms. The Bertz CT molecular complexity index is 1040. The third-order valence-corrected chi connectivity index (χ3v) is 4.41. The monoisotopic (exact) mass is 414 g/mol. The average Bonchev–Trinajstić information content (AvgIpc) is 2.77. The number of hydrogen-bond donors (Lipinski definition) is 2. The molecule has 8 heteroatoms. The molecule has 0 aromatic heterocycles. The van der Waals surface area contributed by atoms with Crippen molar-refractivity contribution in [2.45, 2.75) is 12.7 Å². The molecule has 154 valence electrons. The van der Waals surface area contributed by atoms with Gasteiger partial charge in [-0.3, -0.25) is 14.8 Å². The minimum atomic E-state index is -4.57. The van der Waals surface area contributed by atoms with E-state index in [1.807, 2.05) is 6.07 Å². The van der Waals surface area contributed by atoms with Crippen molar-refractivity contribution >= 4 is 17.5 Å². The molecule has 0 atom stereocenters.